The summed E-state index contributed by atoms with van der Waals surface area (Å²) in [5.41, 5.74) is 6.25. The van der Waals surface area contributed by atoms with Crippen LogP contribution >= 0.6 is 0 Å². The van der Waals surface area contributed by atoms with Gasteiger partial charge in [0.25, 0.3) is 0 Å². The standard InChI is InChI=1S/C13H16FN3O/c1-2-9(8-15)6-12-16-13(17-18-12)10-4-3-5-11(14)7-10/h3-5,7,9H,2,6,8,15H2,1H3. The minimum absolute atomic E-state index is 0.313. The molecule has 0 fully saturated rings. The Labute approximate surface area is 105 Å². The lowest BCUT2D eigenvalue weighted by molar-refractivity contribution is 0.350. The van der Waals surface area contributed by atoms with Crippen LogP contribution in [0, 0.1) is 11.7 Å². The highest BCUT2D eigenvalue weighted by Gasteiger charge is 2.13. The smallest absolute Gasteiger partial charge is 0.227 e. The van der Waals surface area contributed by atoms with Crippen LogP contribution in [0.2, 0.25) is 0 Å². The van der Waals surface area contributed by atoms with Gasteiger partial charge in [-0.25, -0.2) is 4.39 Å². The van der Waals surface area contributed by atoms with Crippen LogP contribution in [0.3, 0.4) is 0 Å². The monoisotopic (exact) mass is 249 g/mol. The third kappa shape index (κ3) is 2.92. The molecule has 1 aromatic heterocycles. The molecule has 0 radical (unpaired) electrons. The predicted molar refractivity (Wildman–Crippen MR) is 66.2 cm³/mol. The Hall–Kier alpha value is -1.75. The molecule has 0 bridgehead atoms. The van der Waals surface area contributed by atoms with Crippen LogP contribution in [0.25, 0.3) is 11.4 Å². The van der Waals surface area contributed by atoms with Crippen molar-refractivity contribution < 1.29 is 8.91 Å². The molecule has 0 saturated heterocycles. The van der Waals surface area contributed by atoms with Crippen molar-refractivity contribution in [2.24, 2.45) is 11.7 Å². The largest absolute Gasteiger partial charge is 0.339 e. The Bertz CT molecular complexity index is 508. The molecular formula is C13H16FN3O. The first-order chi connectivity index (χ1) is 8.72. The number of rotatable bonds is 5. The molecule has 0 aliphatic rings. The van der Waals surface area contributed by atoms with Crippen LogP contribution in [0.4, 0.5) is 4.39 Å². The van der Waals surface area contributed by atoms with E-state index in [0.717, 1.165) is 6.42 Å². The molecular weight excluding hydrogens is 233 g/mol. The maximum Gasteiger partial charge on any atom is 0.227 e. The molecule has 0 spiro atoms. The summed E-state index contributed by atoms with van der Waals surface area (Å²) in [7, 11) is 0. The van der Waals surface area contributed by atoms with Gasteiger partial charge >= 0.3 is 0 Å². The van der Waals surface area contributed by atoms with Crippen LogP contribution in [-0.2, 0) is 6.42 Å². The summed E-state index contributed by atoms with van der Waals surface area (Å²) in [6, 6.07) is 6.13. The second kappa shape index (κ2) is 5.73. The van der Waals surface area contributed by atoms with Gasteiger partial charge in [0.1, 0.15) is 5.82 Å². The number of hydrogen-bond donors (Lipinski definition) is 1. The minimum Gasteiger partial charge on any atom is -0.339 e. The van der Waals surface area contributed by atoms with Gasteiger partial charge in [0.05, 0.1) is 0 Å². The Kier molecular flexibility index (Phi) is 4.04. The third-order valence-corrected chi connectivity index (χ3v) is 2.92. The molecule has 5 heteroatoms. The number of nitrogens with zero attached hydrogens (tertiary/aromatic N) is 2. The van der Waals surface area contributed by atoms with E-state index in [9.17, 15) is 4.39 Å². The van der Waals surface area contributed by atoms with Crippen molar-refractivity contribution >= 4 is 0 Å². The molecule has 4 nitrogen and oxygen atoms in total. The summed E-state index contributed by atoms with van der Waals surface area (Å²) < 4.78 is 18.2. The van der Waals surface area contributed by atoms with Crippen molar-refractivity contribution in [1.29, 1.82) is 0 Å². The van der Waals surface area contributed by atoms with E-state index in [0.29, 0.717) is 36.2 Å². The van der Waals surface area contributed by atoms with Gasteiger partial charge in [0, 0.05) is 12.0 Å². The van der Waals surface area contributed by atoms with Crippen molar-refractivity contribution in [1.82, 2.24) is 10.1 Å². The Morgan fingerprint density at radius 1 is 1.44 bits per heavy atom. The maximum absolute atomic E-state index is 13.1. The van der Waals surface area contributed by atoms with Gasteiger partial charge in [-0.3, -0.25) is 0 Å². The van der Waals surface area contributed by atoms with E-state index in [-0.39, 0.29) is 5.82 Å². The van der Waals surface area contributed by atoms with Crippen molar-refractivity contribution in [3.63, 3.8) is 0 Å². The molecule has 1 aromatic carbocycles. The fraction of sp³-hybridized carbons (Fsp3) is 0.385. The lowest BCUT2D eigenvalue weighted by atomic mass is 10.0. The highest BCUT2D eigenvalue weighted by molar-refractivity contribution is 5.53. The number of benzene rings is 1. The van der Waals surface area contributed by atoms with Gasteiger partial charge in [0.15, 0.2) is 0 Å². The molecule has 1 unspecified atom stereocenters. The van der Waals surface area contributed by atoms with Crippen LogP contribution in [0.15, 0.2) is 28.8 Å². The molecule has 2 N–H and O–H groups in total. The van der Waals surface area contributed by atoms with E-state index in [1.165, 1.54) is 12.1 Å². The zero-order valence-electron chi connectivity index (χ0n) is 10.3. The topological polar surface area (TPSA) is 64.9 Å². The highest BCUT2D eigenvalue weighted by Crippen LogP contribution is 2.18. The highest BCUT2D eigenvalue weighted by atomic mass is 19.1. The van der Waals surface area contributed by atoms with Crippen LogP contribution < -0.4 is 5.73 Å². The van der Waals surface area contributed by atoms with E-state index < -0.39 is 0 Å². The summed E-state index contributed by atoms with van der Waals surface area (Å²) >= 11 is 0. The van der Waals surface area contributed by atoms with Gasteiger partial charge in [-0.05, 0) is 24.6 Å². The zero-order chi connectivity index (χ0) is 13.0. The van der Waals surface area contributed by atoms with Gasteiger partial charge in [-0.1, -0.05) is 30.6 Å². The summed E-state index contributed by atoms with van der Waals surface area (Å²) in [5.74, 6) is 0.987. The number of halogens is 1. The molecule has 96 valence electrons. The quantitative estimate of drug-likeness (QED) is 0.883. The summed E-state index contributed by atoms with van der Waals surface area (Å²) in [6.45, 7) is 2.66. The van der Waals surface area contributed by atoms with E-state index in [1.54, 1.807) is 12.1 Å². The van der Waals surface area contributed by atoms with Crippen molar-refractivity contribution in [2.45, 2.75) is 19.8 Å². The zero-order valence-corrected chi connectivity index (χ0v) is 10.3. The van der Waals surface area contributed by atoms with Crippen LogP contribution in [-0.4, -0.2) is 16.7 Å². The molecule has 1 atom stereocenters. The predicted octanol–water partition coefficient (Wildman–Crippen LogP) is 2.40. The SMILES string of the molecule is CCC(CN)Cc1nc(-c2cccc(F)c2)no1. The van der Waals surface area contributed by atoms with Crippen LogP contribution in [0.5, 0.6) is 0 Å². The average molecular weight is 249 g/mol. The fourth-order valence-corrected chi connectivity index (χ4v) is 1.72. The van der Waals surface area contributed by atoms with Gasteiger partial charge in [0.2, 0.25) is 11.7 Å². The molecule has 1 heterocycles. The fourth-order valence-electron chi connectivity index (χ4n) is 1.72. The van der Waals surface area contributed by atoms with E-state index >= 15 is 0 Å². The Balaban J connectivity index is 2.15. The average Bonchev–Trinajstić information content (AvgIpc) is 2.84. The number of hydrogen-bond acceptors (Lipinski definition) is 4. The lowest BCUT2D eigenvalue weighted by Crippen LogP contribution is -2.15. The molecule has 0 aliphatic heterocycles. The van der Waals surface area contributed by atoms with Crippen molar-refractivity contribution in [3.8, 4) is 11.4 Å². The van der Waals surface area contributed by atoms with Crippen molar-refractivity contribution in [2.75, 3.05) is 6.54 Å². The minimum atomic E-state index is -0.313. The van der Waals surface area contributed by atoms with E-state index in [2.05, 4.69) is 17.1 Å². The Morgan fingerprint density at radius 3 is 2.94 bits per heavy atom. The van der Waals surface area contributed by atoms with Crippen LogP contribution in [0.1, 0.15) is 19.2 Å². The van der Waals surface area contributed by atoms with Crippen molar-refractivity contribution in [3.05, 3.63) is 36.0 Å². The molecule has 18 heavy (non-hydrogen) atoms. The molecule has 0 saturated carbocycles. The summed E-state index contributed by atoms with van der Waals surface area (Å²) in [4.78, 5) is 4.26. The third-order valence-electron chi connectivity index (χ3n) is 2.92. The Morgan fingerprint density at radius 2 is 2.28 bits per heavy atom. The first kappa shape index (κ1) is 12.7. The lowest BCUT2D eigenvalue weighted by Gasteiger charge is -2.07. The summed E-state index contributed by atoms with van der Waals surface area (Å²) in [5, 5.41) is 3.86. The van der Waals surface area contributed by atoms with Gasteiger partial charge in [-0.15, -0.1) is 0 Å². The van der Waals surface area contributed by atoms with Gasteiger partial charge in [-0.2, -0.15) is 4.98 Å². The number of aromatic nitrogens is 2. The normalized spacial score (nSPS) is 12.6. The van der Waals surface area contributed by atoms with E-state index in [4.69, 9.17) is 10.3 Å². The second-order valence-electron chi connectivity index (χ2n) is 4.24. The first-order valence-corrected chi connectivity index (χ1v) is 6.01. The second-order valence-corrected chi connectivity index (χ2v) is 4.24. The molecule has 0 aliphatic carbocycles. The molecule has 0 amide bonds. The first-order valence-electron chi connectivity index (χ1n) is 6.01. The van der Waals surface area contributed by atoms with E-state index in [1.807, 2.05) is 0 Å². The summed E-state index contributed by atoms with van der Waals surface area (Å²) in [6.07, 6.45) is 1.63. The van der Waals surface area contributed by atoms with Gasteiger partial charge < -0.3 is 10.3 Å². The molecule has 2 aromatic rings. The maximum atomic E-state index is 13.1. The molecule has 2 rings (SSSR count). The number of nitrogens with two attached hydrogens (primary N) is 1.